The van der Waals surface area contributed by atoms with Gasteiger partial charge in [0.15, 0.2) is 0 Å². The normalized spacial score (nSPS) is 35.1. The molecule has 4 amide bonds. The van der Waals surface area contributed by atoms with E-state index in [1.165, 1.54) is 0 Å². The SMILES string of the molecule is CC1CCCCC12NC(=O)N(CC(=O)N1CCC(C)(CN)C1)C2=O.Cl. The molecule has 3 fully saturated rings. The van der Waals surface area contributed by atoms with Crippen molar-refractivity contribution in [3.8, 4) is 0 Å². The second-order valence-electron chi connectivity index (χ2n) is 8.02. The Labute approximate surface area is 155 Å². The zero-order valence-electron chi connectivity index (χ0n) is 15.0. The number of rotatable bonds is 3. The van der Waals surface area contributed by atoms with Crippen molar-refractivity contribution < 1.29 is 14.4 Å². The van der Waals surface area contributed by atoms with Crippen LogP contribution in [-0.4, -0.2) is 59.4 Å². The van der Waals surface area contributed by atoms with Crippen LogP contribution in [0.3, 0.4) is 0 Å². The highest BCUT2D eigenvalue weighted by Crippen LogP contribution is 2.38. The highest BCUT2D eigenvalue weighted by molar-refractivity contribution is 6.09. The second kappa shape index (κ2) is 7.11. The number of imide groups is 1. The molecule has 7 nitrogen and oxygen atoms in total. The number of nitrogens with one attached hydrogen (secondary N) is 1. The fourth-order valence-electron chi connectivity index (χ4n) is 4.28. The Hall–Kier alpha value is -1.34. The van der Waals surface area contributed by atoms with Crippen molar-refractivity contribution >= 4 is 30.3 Å². The number of hydrogen-bond acceptors (Lipinski definition) is 4. The Balaban J connectivity index is 0.00000225. The smallest absolute Gasteiger partial charge is 0.325 e. The van der Waals surface area contributed by atoms with Crippen LogP contribution >= 0.6 is 12.4 Å². The molecule has 2 aliphatic heterocycles. The third-order valence-corrected chi connectivity index (χ3v) is 6.20. The summed E-state index contributed by atoms with van der Waals surface area (Å²) in [5, 5.41) is 2.89. The molecule has 3 N–H and O–H groups in total. The third kappa shape index (κ3) is 3.36. The Morgan fingerprint density at radius 2 is 2.04 bits per heavy atom. The van der Waals surface area contributed by atoms with Crippen molar-refractivity contribution in [2.45, 2.75) is 51.5 Å². The van der Waals surface area contributed by atoms with E-state index in [2.05, 4.69) is 12.2 Å². The molecule has 2 saturated heterocycles. The summed E-state index contributed by atoms with van der Waals surface area (Å²) in [5.41, 5.74) is 4.92. The van der Waals surface area contributed by atoms with Crippen molar-refractivity contribution in [3.63, 3.8) is 0 Å². The van der Waals surface area contributed by atoms with Gasteiger partial charge in [-0.25, -0.2) is 4.79 Å². The monoisotopic (exact) mass is 372 g/mol. The number of hydrogen-bond donors (Lipinski definition) is 2. The number of likely N-dealkylation sites (tertiary alicyclic amines) is 1. The number of urea groups is 1. The molecular weight excluding hydrogens is 344 g/mol. The Bertz CT molecular complexity index is 572. The van der Waals surface area contributed by atoms with Gasteiger partial charge < -0.3 is 16.0 Å². The molecule has 3 unspecified atom stereocenters. The largest absolute Gasteiger partial charge is 0.341 e. The molecule has 8 heteroatoms. The molecule has 1 spiro atoms. The van der Waals surface area contributed by atoms with Gasteiger partial charge in [0.2, 0.25) is 5.91 Å². The summed E-state index contributed by atoms with van der Waals surface area (Å²) in [6.45, 7) is 5.66. The first-order valence-corrected chi connectivity index (χ1v) is 8.93. The molecular formula is C17H29ClN4O3. The predicted octanol–water partition coefficient (Wildman–Crippen LogP) is 1.11. The average Bonchev–Trinajstić information content (AvgIpc) is 3.06. The van der Waals surface area contributed by atoms with Crippen molar-refractivity contribution in [2.75, 3.05) is 26.2 Å². The number of amides is 4. The minimum atomic E-state index is -0.799. The van der Waals surface area contributed by atoms with E-state index in [-0.39, 0.29) is 42.1 Å². The van der Waals surface area contributed by atoms with Crippen LogP contribution in [0.1, 0.15) is 46.0 Å². The highest BCUT2D eigenvalue weighted by atomic mass is 35.5. The molecule has 142 valence electrons. The maximum absolute atomic E-state index is 12.9. The van der Waals surface area contributed by atoms with Crippen molar-refractivity contribution in [3.05, 3.63) is 0 Å². The molecule has 1 aliphatic carbocycles. The van der Waals surface area contributed by atoms with Gasteiger partial charge in [-0.15, -0.1) is 12.4 Å². The Morgan fingerprint density at radius 1 is 1.32 bits per heavy atom. The summed E-state index contributed by atoms with van der Waals surface area (Å²) < 4.78 is 0. The lowest BCUT2D eigenvalue weighted by Gasteiger charge is -2.36. The summed E-state index contributed by atoms with van der Waals surface area (Å²) in [6.07, 6.45) is 4.46. The van der Waals surface area contributed by atoms with Crippen molar-refractivity contribution in [2.24, 2.45) is 17.1 Å². The van der Waals surface area contributed by atoms with Gasteiger partial charge in [0, 0.05) is 13.1 Å². The van der Waals surface area contributed by atoms with Crippen LogP contribution in [0, 0.1) is 11.3 Å². The van der Waals surface area contributed by atoms with Crippen LogP contribution < -0.4 is 11.1 Å². The number of nitrogens with two attached hydrogens (primary N) is 1. The fraction of sp³-hybridized carbons (Fsp3) is 0.824. The van der Waals surface area contributed by atoms with E-state index in [1.807, 2.05) is 6.92 Å². The number of carbonyl (C=O) groups excluding carboxylic acids is 3. The van der Waals surface area contributed by atoms with Crippen molar-refractivity contribution in [1.82, 2.24) is 15.1 Å². The summed E-state index contributed by atoms with van der Waals surface area (Å²) in [4.78, 5) is 40.6. The zero-order valence-corrected chi connectivity index (χ0v) is 15.9. The third-order valence-electron chi connectivity index (χ3n) is 6.20. The number of carbonyl (C=O) groups is 3. The maximum atomic E-state index is 12.9. The van der Waals surface area contributed by atoms with Gasteiger partial charge in [0.1, 0.15) is 12.1 Å². The first kappa shape index (κ1) is 20.0. The predicted molar refractivity (Wildman–Crippen MR) is 96.2 cm³/mol. The fourth-order valence-corrected chi connectivity index (χ4v) is 4.28. The first-order valence-electron chi connectivity index (χ1n) is 8.93. The number of nitrogens with zero attached hydrogens (tertiary/aromatic N) is 2. The maximum Gasteiger partial charge on any atom is 0.325 e. The van der Waals surface area contributed by atoms with E-state index >= 15 is 0 Å². The van der Waals surface area contributed by atoms with E-state index in [0.717, 1.165) is 30.6 Å². The van der Waals surface area contributed by atoms with Crippen LogP contribution in [0.5, 0.6) is 0 Å². The lowest BCUT2D eigenvalue weighted by atomic mass is 9.73. The standard InChI is InChI=1S/C17H28N4O3.ClH/c1-12-5-3-4-6-17(12)14(23)21(15(24)19-17)9-13(22)20-8-7-16(2,10-18)11-20;/h12H,3-11,18H2,1-2H3,(H,19,24);1H. The minimum absolute atomic E-state index is 0. The highest BCUT2D eigenvalue weighted by Gasteiger charge is 2.55. The molecule has 0 aromatic rings. The van der Waals surface area contributed by atoms with Gasteiger partial charge in [0.25, 0.3) is 5.91 Å². The molecule has 0 bridgehead atoms. The lowest BCUT2D eigenvalue weighted by molar-refractivity contribution is -0.140. The quantitative estimate of drug-likeness (QED) is 0.725. The van der Waals surface area contributed by atoms with E-state index in [0.29, 0.717) is 26.1 Å². The van der Waals surface area contributed by atoms with Crippen LogP contribution in [0.15, 0.2) is 0 Å². The molecule has 0 aromatic carbocycles. The summed E-state index contributed by atoms with van der Waals surface area (Å²) in [6, 6.07) is -0.428. The summed E-state index contributed by atoms with van der Waals surface area (Å²) in [7, 11) is 0. The van der Waals surface area contributed by atoms with Crippen molar-refractivity contribution in [1.29, 1.82) is 0 Å². The summed E-state index contributed by atoms with van der Waals surface area (Å²) >= 11 is 0. The van der Waals surface area contributed by atoms with Gasteiger partial charge in [-0.3, -0.25) is 14.5 Å². The average molecular weight is 373 g/mol. The van der Waals surface area contributed by atoms with Gasteiger partial charge in [-0.1, -0.05) is 26.7 Å². The molecule has 1 saturated carbocycles. The molecule has 3 aliphatic rings. The molecule has 0 aromatic heterocycles. The molecule has 25 heavy (non-hydrogen) atoms. The van der Waals surface area contributed by atoms with E-state index in [1.54, 1.807) is 4.90 Å². The van der Waals surface area contributed by atoms with E-state index in [4.69, 9.17) is 5.73 Å². The topological polar surface area (TPSA) is 95.7 Å². The van der Waals surface area contributed by atoms with Gasteiger partial charge in [-0.05, 0) is 37.1 Å². The Morgan fingerprint density at radius 3 is 2.64 bits per heavy atom. The van der Waals surface area contributed by atoms with E-state index < -0.39 is 11.6 Å². The van der Waals surface area contributed by atoms with Crippen LogP contribution in [0.2, 0.25) is 0 Å². The molecule has 0 radical (unpaired) electrons. The zero-order chi connectivity index (χ0) is 17.5. The number of halogens is 1. The summed E-state index contributed by atoms with van der Waals surface area (Å²) in [5.74, 6) is -0.292. The lowest BCUT2D eigenvalue weighted by Crippen LogP contribution is -2.54. The van der Waals surface area contributed by atoms with E-state index in [9.17, 15) is 14.4 Å². The van der Waals surface area contributed by atoms with Gasteiger partial charge in [-0.2, -0.15) is 0 Å². The second-order valence-corrected chi connectivity index (χ2v) is 8.02. The molecule has 3 atom stereocenters. The van der Waals surface area contributed by atoms with Gasteiger partial charge in [0.05, 0.1) is 0 Å². The van der Waals surface area contributed by atoms with Gasteiger partial charge >= 0.3 is 6.03 Å². The van der Waals surface area contributed by atoms with Crippen LogP contribution in [0.4, 0.5) is 4.79 Å². The van der Waals surface area contributed by atoms with Crippen LogP contribution in [-0.2, 0) is 9.59 Å². The Kier molecular flexibility index (Phi) is 5.68. The molecule has 3 rings (SSSR count). The molecule has 2 heterocycles. The van der Waals surface area contributed by atoms with Crippen LogP contribution in [0.25, 0.3) is 0 Å². The first-order chi connectivity index (χ1) is 11.3. The minimum Gasteiger partial charge on any atom is -0.341 e.